The molecule has 1 N–H and O–H groups in total. The number of nitrogens with one attached hydrogen (secondary N) is 1. The van der Waals surface area contributed by atoms with E-state index in [9.17, 15) is 0 Å². The van der Waals surface area contributed by atoms with E-state index in [1.165, 1.54) is 0 Å². The quantitative estimate of drug-likeness (QED) is 0.839. The van der Waals surface area contributed by atoms with Gasteiger partial charge in [0.25, 0.3) is 0 Å². The molecular formula is C15H21N3O2. The van der Waals surface area contributed by atoms with E-state index in [1.54, 1.807) is 7.11 Å². The third kappa shape index (κ3) is 2.99. The van der Waals surface area contributed by atoms with Crippen LogP contribution in [-0.2, 0) is 16.9 Å². The van der Waals surface area contributed by atoms with Crippen LogP contribution in [-0.4, -0.2) is 17.3 Å². The van der Waals surface area contributed by atoms with E-state index < -0.39 is 5.60 Å². The van der Waals surface area contributed by atoms with Crippen LogP contribution in [0.2, 0.25) is 0 Å². The summed E-state index contributed by atoms with van der Waals surface area (Å²) in [5.74, 6) is 1.18. The van der Waals surface area contributed by atoms with Gasteiger partial charge in [-0.2, -0.15) is 4.98 Å². The van der Waals surface area contributed by atoms with Gasteiger partial charge in [0.2, 0.25) is 11.7 Å². The van der Waals surface area contributed by atoms with Crippen molar-refractivity contribution in [3.05, 3.63) is 42.0 Å². The molecule has 0 fully saturated rings. The van der Waals surface area contributed by atoms with Gasteiger partial charge in [-0.3, -0.25) is 0 Å². The van der Waals surface area contributed by atoms with Crippen LogP contribution < -0.4 is 5.32 Å². The number of para-hydroxylation sites is 1. The largest absolute Gasteiger partial charge is 0.376 e. The fourth-order valence-corrected chi connectivity index (χ4v) is 2.19. The second kappa shape index (κ2) is 6.52. The Kier molecular flexibility index (Phi) is 4.74. The van der Waals surface area contributed by atoms with Crippen LogP contribution in [0, 0.1) is 0 Å². The number of benzene rings is 1. The minimum atomic E-state index is -0.450. The molecule has 0 unspecified atom stereocenters. The van der Waals surface area contributed by atoms with Crippen molar-refractivity contribution < 1.29 is 9.26 Å². The lowest BCUT2D eigenvalue weighted by atomic mass is 9.96. The van der Waals surface area contributed by atoms with Crippen molar-refractivity contribution in [2.45, 2.75) is 38.8 Å². The summed E-state index contributed by atoms with van der Waals surface area (Å²) in [5.41, 5.74) is 0.574. The fraction of sp³-hybridized carbons (Fsp3) is 0.467. The molecule has 2 aromatic rings. The highest BCUT2D eigenvalue weighted by molar-refractivity contribution is 5.42. The Morgan fingerprint density at radius 1 is 1.20 bits per heavy atom. The minimum absolute atomic E-state index is 0.450. The Hall–Kier alpha value is -1.88. The molecule has 0 aliphatic rings. The maximum atomic E-state index is 5.59. The van der Waals surface area contributed by atoms with Gasteiger partial charge in [0.05, 0.1) is 6.54 Å². The predicted molar refractivity (Wildman–Crippen MR) is 77.3 cm³/mol. The van der Waals surface area contributed by atoms with Crippen molar-refractivity contribution in [2.24, 2.45) is 0 Å². The Bertz CT molecular complexity index is 513. The average Bonchev–Trinajstić information content (AvgIpc) is 2.98. The number of anilines is 1. The summed E-state index contributed by atoms with van der Waals surface area (Å²) in [5, 5.41) is 7.31. The maximum Gasteiger partial charge on any atom is 0.246 e. The molecule has 20 heavy (non-hydrogen) atoms. The minimum Gasteiger partial charge on any atom is -0.376 e. The van der Waals surface area contributed by atoms with Gasteiger partial charge in [0, 0.05) is 12.8 Å². The molecule has 0 saturated heterocycles. The van der Waals surface area contributed by atoms with Crippen LogP contribution in [0.3, 0.4) is 0 Å². The highest BCUT2D eigenvalue weighted by atomic mass is 16.5. The van der Waals surface area contributed by atoms with Crippen molar-refractivity contribution in [2.75, 3.05) is 12.4 Å². The van der Waals surface area contributed by atoms with E-state index in [0.29, 0.717) is 18.3 Å². The molecule has 1 heterocycles. The molecule has 0 bridgehead atoms. The van der Waals surface area contributed by atoms with Gasteiger partial charge < -0.3 is 14.6 Å². The molecule has 0 atom stereocenters. The lowest BCUT2D eigenvalue weighted by Gasteiger charge is -2.25. The second-order valence-electron chi connectivity index (χ2n) is 4.64. The van der Waals surface area contributed by atoms with E-state index in [1.807, 2.05) is 30.3 Å². The van der Waals surface area contributed by atoms with Crippen LogP contribution in [0.15, 0.2) is 34.9 Å². The monoisotopic (exact) mass is 275 g/mol. The van der Waals surface area contributed by atoms with Crippen LogP contribution in [0.25, 0.3) is 0 Å². The van der Waals surface area contributed by atoms with E-state index in [4.69, 9.17) is 9.26 Å². The maximum absolute atomic E-state index is 5.59. The van der Waals surface area contributed by atoms with Crippen LogP contribution in [0.1, 0.15) is 38.4 Å². The lowest BCUT2D eigenvalue weighted by Crippen LogP contribution is -2.28. The lowest BCUT2D eigenvalue weighted by molar-refractivity contribution is -0.0306. The van der Waals surface area contributed by atoms with E-state index in [-0.39, 0.29) is 0 Å². The first-order valence-electron chi connectivity index (χ1n) is 6.91. The molecule has 0 radical (unpaired) electrons. The van der Waals surface area contributed by atoms with Gasteiger partial charge in [0.1, 0.15) is 5.60 Å². The van der Waals surface area contributed by atoms with E-state index in [2.05, 4.69) is 29.3 Å². The third-order valence-electron chi connectivity index (χ3n) is 3.63. The topological polar surface area (TPSA) is 60.2 Å². The van der Waals surface area contributed by atoms with Crippen molar-refractivity contribution in [1.29, 1.82) is 0 Å². The molecule has 5 nitrogen and oxygen atoms in total. The van der Waals surface area contributed by atoms with Crippen molar-refractivity contribution >= 4 is 5.69 Å². The van der Waals surface area contributed by atoms with Crippen molar-refractivity contribution in [3.8, 4) is 0 Å². The smallest absolute Gasteiger partial charge is 0.246 e. The Labute approximate surface area is 119 Å². The highest BCUT2D eigenvalue weighted by Crippen LogP contribution is 2.30. The molecule has 0 spiro atoms. The molecule has 108 valence electrons. The number of ether oxygens (including phenoxy) is 1. The summed E-state index contributed by atoms with van der Waals surface area (Å²) in [6.07, 6.45) is 1.62. The fourth-order valence-electron chi connectivity index (χ4n) is 2.19. The molecule has 0 amide bonds. The molecule has 5 heteroatoms. The van der Waals surface area contributed by atoms with Gasteiger partial charge in [0.15, 0.2) is 0 Å². The van der Waals surface area contributed by atoms with Gasteiger partial charge in [-0.25, -0.2) is 0 Å². The summed E-state index contributed by atoms with van der Waals surface area (Å²) in [6.45, 7) is 4.63. The van der Waals surface area contributed by atoms with Crippen molar-refractivity contribution in [3.63, 3.8) is 0 Å². The second-order valence-corrected chi connectivity index (χ2v) is 4.64. The summed E-state index contributed by atoms with van der Waals surface area (Å²) >= 11 is 0. The Balaban J connectivity index is 2.05. The van der Waals surface area contributed by atoms with Crippen LogP contribution in [0.5, 0.6) is 0 Å². The first-order valence-corrected chi connectivity index (χ1v) is 6.91. The molecule has 0 saturated carbocycles. The Morgan fingerprint density at radius 3 is 2.50 bits per heavy atom. The molecule has 1 aromatic heterocycles. The van der Waals surface area contributed by atoms with E-state index in [0.717, 1.165) is 18.5 Å². The number of rotatable bonds is 7. The number of aromatic nitrogens is 2. The first kappa shape index (κ1) is 14.5. The molecule has 0 aliphatic carbocycles. The Morgan fingerprint density at radius 2 is 1.90 bits per heavy atom. The summed E-state index contributed by atoms with van der Waals surface area (Å²) in [6, 6.07) is 9.92. The van der Waals surface area contributed by atoms with Crippen LogP contribution >= 0.6 is 0 Å². The zero-order valence-corrected chi connectivity index (χ0v) is 12.2. The molecule has 2 rings (SSSR count). The van der Waals surface area contributed by atoms with Crippen LogP contribution in [0.4, 0.5) is 5.69 Å². The molecule has 1 aromatic carbocycles. The zero-order valence-electron chi connectivity index (χ0n) is 12.2. The summed E-state index contributed by atoms with van der Waals surface area (Å²) < 4.78 is 10.9. The summed E-state index contributed by atoms with van der Waals surface area (Å²) in [4.78, 5) is 4.45. The zero-order chi connectivity index (χ0) is 14.4. The number of methoxy groups -OCH3 is 1. The molecule has 0 aliphatic heterocycles. The van der Waals surface area contributed by atoms with E-state index >= 15 is 0 Å². The molecular weight excluding hydrogens is 254 g/mol. The number of nitrogens with zero attached hydrogens (tertiary/aromatic N) is 2. The van der Waals surface area contributed by atoms with Gasteiger partial charge in [-0.1, -0.05) is 37.2 Å². The predicted octanol–water partition coefficient (Wildman–Crippen LogP) is 3.34. The number of hydrogen-bond donors (Lipinski definition) is 1. The average molecular weight is 275 g/mol. The van der Waals surface area contributed by atoms with Crippen molar-refractivity contribution in [1.82, 2.24) is 10.1 Å². The van der Waals surface area contributed by atoms with Gasteiger partial charge in [-0.05, 0) is 25.0 Å². The third-order valence-corrected chi connectivity index (χ3v) is 3.63. The number of hydrogen-bond acceptors (Lipinski definition) is 5. The SMILES string of the molecule is CCC(CC)(OC)c1noc(CNc2ccccc2)n1. The van der Waals surface area contributed by atoms with Gasteiger partial charge in [-0.15, -0.1) is 0 Å². The highest BCUT2D eigenvalue weighted by Gasteiger charge is 2.33. The summed E-state index contributed by atoms with van der Waals surface area (Å²) in [7, 11) is 1.69. The van der Waals surface area contributed by atoms with Gasteiger partial charge >= 0.3 is 0 Å². The standard InChI is InChI=1S/C15H21N3O2/c1-4-15(5-2,19-3)14-17-13(20-18-14)11-16-12-9-7-6-8-10-12/h6-10,16H,4-5,11H2,1-3H3. The first-order chi connectivity index (χ1) is 9.74. The normalized spacial score (nSPS) is 11.6.